The minimum atomic E-state index is -0.712. The Hall–Kier alpha value is -1.39. The molecule has 1 atom stereocenters. The van der Waals surface area contributed by atoms with Crippen molar-refractivity contribution in [3.8, 4) is 0 Å². The molecule has 2 N–H and O–H groups in total. The second kappa shape index (κ2) is 4.23. The van der Waals surface area contributed by atoms with Crippen LogP contribution in [0, 0.1) is 5.41 Å². The van der Waals surface area contributed by atoms with Crippen LogP contribution in [0.5, 0.6) is 0 Å². The summed E-state index contributed by atoms with van der Waals surface area (Å²) in [6.07, 6.45) is 0. The molecule has 0 bridgehead atoms. The van der Waals surface area contributed by atoms with Gasteiger partial charge in [-0.05, 0) is 5.56 Å². The zero-order valence-electron chi connectivity index (χ0n) is 9.18. The van der Waals surface area contributed by atoms with Crippen molar-refractivity contribution in [2.24, 2.45) is 11.1 Å². The SMILES string of the molecule is COC(=O)C1(C(N)c2ccccc2)COC1. The van der Waals surface area contributed by atoms with E-state index in [0.717, 1.165) is 5.56 Å². The largest absolute Gasteiger partial charge is 0.468 e. The Morgan fingerprint density at radius 2 is 2.06 bits per heavy atom. The molecule has 0 aliphatic carbocycles. The monoisotopic (exact) mass is 221 g/mol. The molecule has 1 saturated heterocycles. The van der Waals surface area contributed by atoms with E-state index < -0.39 is 5.41 Å². The van der Waals surface area contributed by atoms with E-state index in [1.165, 1.54) is 7.11 Å². The fraction of sp³-hybridized carbons (Fsp3) is 0.417. The van der Waals surface area contributed by atoms with Gasteiger partial charge in [-0.2, -0.15) is 0 Å². The second-order valence-corrected chi connectivity index (χ2v) is 4.03. The van der Waals surface area contributed by atoms with E-state index in [1.54, 1.807) is 0 Å². The van der Waals surface area contributed by atoms with Crippen LogP contribution in [-0.2, 0) is 14.3 Å². The van der Waals surface area contributed by atoms with Gasteiger partial charge in [0.2, 0.25) is 0 Å². The first-order chi connectivity index (χ1) is 7.70. The molecule has 0 amide bonds. The molecule has 1 aliphatic heterocycles. The smallest absolute Gasteiger partial charge is 0.318 e. The van der Waals surface area contributed by atoms with E-state index in [4.69, 9.17) is 15.2 Å². The molecule has 16 heavy (non-hydrogen) atoms. The second-order valence-electron chi connectivity index (χ2n) is 4.03. The van der Waals surface area contributed by atoms with Crippen LogP contribution in [-0.4, -0.2) is 26.3 Å². The van der Waals surface area contributed by atoms with Crippen LogP contribution in [0.3, 0.4) is 0 Å². The highest BCUT2D eigenvalue weighted by Gasteiger charge is 2.52. The highest BCUT2D eigenvalue weighted by molar-refractivity contribution is 5.79. The topological polar surface area (TPSA) is 61.5 Å². The lowest BCUT2D eigenvalue weighted by Gasteiger charge is -2.42. The Balaban J connectivity index is 2.26. The summed E-state index contributed by atoms with van der Waals surface area (Å²) in [5.74, 6) is -0.296. The fourth-order valence-electron chi connectivity index (χ4n) is 1.93. The number of carbonyl (C=O) groups excluding carboxylic acids is 1. The van der Waals surface area contributed by atoms with Crippen molar-refractivity contribution in [1.82, 2.24) is 0 Å². The lowest BCUT2D eigenvalue weighted by atomic mass is 9.75. The van der Waals surface area contributed by atoms with Gasteiger partial charge in [0.1, 0.15) is 5.41 Å². The number of esters is 1. The Labute approximate surface area is 94.3 Å². The molecular weight excluding hydrogens is 206 g/mol. The van der Waals surface area contributed by atoms with E-state index in [2.05, 4.69) is 0 Å². The maximum Gasteiger partial charge on any atom is 0.318 e. The first-order valence-electron chi connectivity index (χ1n) is 5.17. The highest BCUT2D eigenvalue weighted by atomic mass is 16.5. The summed E-state index contributed by atoms with van der Waals surface area (Å²) in [6.45, 7) is 0.658. The van der Waals surface area contributed by atoms with Gasteiger partial charge in [-0.15, -0.1) is 0 Å². The van der Waals surface area contributed by atoms with E-state index in [-0.39, 0.29) is 12.0 Å². The number of hydrogen-bond donors (Lipinski definition) is 1. The number of hydrogen-bond acceptors (Lipinski definition) is 4. The summed E-state index contributed by atoms with van der Waals surface area (Å²) in [6, 6.07) is 9.16. The molecule has 1 fully saturated rings. The van der Waals surface area contributed by atoms with Crippen molar-refractivity contribution in [3.05, 3.63) is 35.9 Å². The van der Waals surface area contributed by atoms with E-state index >= 15 is 0 Å². The Kier molecular flexibility index (Phi) is 2.94. The van der Waals surface area contributed by atoms with Crippen molar-refractivity contribution in [2.45, 2.75) is 6.04 Å². The van der Waals surface area contributed by atoms with Crippen LogP contribution < -0.4 is 5.73 Å². The predicted molar refractivity (Wildman–Crippen MR) is 58.6 cm³/mol. The number of benzene rings is 1. The molecule has 1 aromatic carbocycles. The van der Waals surface area contributed by atoms with Gasteiger partial charge in [-0.1, -0.05) is 30.3 Å². The van der Waals surface area contributed by atoms with Gasteiger partial charge < -0.3 is 15.2 Å². The molecule has 1 unspecified atom stereocenters. The average Bonchev–Trinajstić information content (AvgIpc) is 2.28. The van der Waals surface area contributed by atoms with E-state index in [0.29, 0.717) is 13.2 Å². The molecule has 0 aromatic heterocycles. The number of methoxy groups -OCH3 is 1. The van der Waals surface area contributed by atoms with E-state index in [1.807, 2.05) is 30.3 Å². The summed E-state index contributed by atoms with van der Waals surface area (Å²) in [4.78, 5) is 11.7. The third kappa shape index (κ3) is 1.60. The lowest BCUT2D eigenvalue weighted by Crippen LogP contribution is -2.56. The van der Waals surface area contributed by atoms with Crippen molar-refractivity contribution in [3.63, 3.8) is 0 Å². The summed E-state index contributed by atoms with van der Waals surface area (Å²) in [7, 11) is 1.38. The van der Waals surface area contributed by atoms with Crippen LogP contribution in [0.25, 0.3) is 0 Å². The van der Waals surface area contributed by atoms with Crippen molar-refractivity contribution in [1.29, 1.82) is 0 Å². The number of nitrogens with two attached hydrogens (primary N) is 1. The number of ether oxygens (including phenoxy) is 2. The summed E-state index contributed by atoms with van der Waals surface area (Å²) in [5, 5.41) is 0. The molecule has 4 heteroatoms. The van der Waals surface area contributed by atoms with E-state index in [9.17, 15) is 4.79 Å². The molecule has 1 heterocycles. The van der Waals surface area contributed by atoms with Gasteiger partial charge in [0.05, 0.1) is 26.4 Å². The van der Waals surface area contributed by atoms with Gasteiger partial charge in [-0.25, -0.2) is 0 Å². The third-order valence-electron chi connectivity index (χ3n) is 3.07. The zero-order chi connectivity index (χ0) is 11.6. The van der Waals surface area contributed by atoms with Crippen LogP contribution in [0.15, 0.2) is 30.3 Å². The summed E-state index contributed by atoms with van der Waals surface area (Å²) in [5.41, 5.74) is 6.35. The Morgan fingerprint density at radius 3 is 2.50 bits per heavy atom. The van der Waals surface area contributed by atoms with Gasteiger partial charge >= 0.3 is 5.97 Å². The molecule has 86 valence electrons. The standard InChI is InChI=1S/C12H15NO3/c1-15-11(14)12(7-16-8-12)10(13)9-5-3-2-4-6-9/h2-6,10H,7-8,13H2,1H3. The molecule has 0 saturated carbocycles. The summed E-state index contributed by atoms with van der Waals surface area (Å²) < 4.78 is 9.92. The van der Waals surface area contributed by atoms with Crippen molar-refractivity contribution < 1.29 is 14.3 Å². The highest BCUT2D eigenvalue weighted by Crippen LogP contribution is 2.40. The third-order valence-corrected chi connectivity index (χ3v) is 3.07. The quantitative estimate of drug-likeness (QED) is 0.769. The van der Waals surface area contributed by atoms with Crippen LogP contribution >= 0.6 is 0 Å². The molecule has 0 spiro atoms. The maximum atomic E-state index is 11.7. The van der Waals surface area contributed by atoms with Gasteiger partial charge in [0.25, 0.3) is 0 Å². The molecule has 4 nitrogen and oxygen atoms in total. The van der Waals surface area contributed by atoms with Crippen LogP contribution in [0.4, 0.5) is 0 Å². The molecule has 2 rings (SSSR count). The van der Waals surface area contributed by atoms with Crippen LogP contribution in [0.1, 0.15) is 11.6 Å². The van der Waals surface area contributed by atoms with Crippen LogP contribution in [0.2, 0.25) is 0 Å². The minimum absolute atomic E-state index is 0.296. The minimum Gasteiger partial charge on any atom is -0.468 e. The van der Waals surface area contributed by atoms with Crippen molar-refractivity contribution in [2.75, 3.05) is 20.3 Å². The van der Waals surface area contributed by atoms with Gasteiger partial charge in [0.15, 0.2) is 0 Å². The first kappa shape index (κ1) is 11.1. The predicted octanol–water partition coefficient (Wildman–Crippen LogP) is 0.876. The summed E-state index contributed by atoms with van der Waals surface area (Å²) >= 11 is 0. The average molecular weight is 221 g/mol. The molecule has 1 aromatic rings. The van der Waals surface area contributed by atoms with Crippen molar-refractivity contribution >= 4 is 5.97 Å². The fourth-order valence-corrected chi connectivity index (χ4v) is 1.93. The number of rotatable bonds is 3. The Morgan fingerprint density at radius 1 is 1.44 bits per heavy atom. The normalized spacial score (nSPS) is 19.6. The van der Waals surface area contributed by atoms with Gasteiger partial charge in [-0.3, -0.25) is 4.79 Å². The molecule has 1 aliphatic rings. The van der Waals surface area contributed by atoms with Gasteiger partial charge in [0, 0.05) is 0 Å². The Bertz CT molecular complexity index is 373. The molecular formula is C12H15NO3. The molecule has 0 radical (unpaired) electrons. The zero-order valence-corrected chi connectivity index (χ0v) is 9.18. The first-order valence-corrected chi connectivity index (χ1v) is 5.17. The number of carbonyl (C=O) groups is 1. The maximum absolute atomic E-state index is 11.7. The lowest BCUT2D eigenvalue weighted by molar-refractivity contribution is -0.188.